The van der Waals surface area contributed by atoms with Gasteiger partial charge in [-0.25, -0.2) is 0 Å². The molecule has 0 amide bonds. The van der Waals surface area contributed by atoms with Gasteiger partial charge in [-0.05, 0) is 52.1 Å². The molecule has 0 saturated heterocycles. The molecule has 4 N–H and O–H groups in total. The summed E-state index contributed by atoms with van der Waals surface area (Å²) < 4.78 is 0. The van der Waals surface area contributed by atoms with Crippen molar-refractivity contribution in [2.45, 2.75) is 44.9 Å². The first-order valence-electron chi connectivity index (χ1n) is 6.96. The normalized spacial score (nSPS) is 25.7. The molecule has 3 unspecified atom stereocenters. The average molecular weight is 255 g/mol. The summed E-state index contributed by atoms with van der Waals surface area (Å²) >= 11 is 0. The van der Waals surface area contributed by atoms with E-state index in [4.69, 9.17) is 0 Å². The molecule has 3 atom stereocenters. The average Bonchev–Trinajstić information content (AvgIpc) is 2.73. The first-order valence-corrected chi connectivity index (χ1v) is 6.96. The number of rotatable bonds is 7. The summed E-state index contributed by atoms with van der Waals surface area (Å²) in [6.07, 6.45) is 5.28. The summed E-state index contributed by atoms with van der Waals surface area (Å²) in [6.45, 7) is 3.99. The molecule has 0 radical (unpaired) electrons. The van der Waals surface area contributed by atoms with Crippen molar-refractivity contribution in [3.8, 4) is 0 Å². The molecule has 1 aliphatic carbocycles. The highest BCUT2D eigenvalue weighted by molar-refractivity contribution is 5.25. The van der Waals surface area contributed by atoms with Crippen LogP contribution in [0.15, 0.2) is 11.8 Å². The Morgan fingerprint density at radius 3 is 2.39 bits per heavy atom. The minimum absolute atomic E-state index is 0.146. The van der Waals surface area contributed by atoms with Gasteiger partial charge in [0.05, 0.1) is 6.10 Å². The van der Waals surface area contributed by atoms with E-state index in [0.717, 1.165) is 19.3 Å². The Balaban J connectivity index is 2.67. The topological polar surface area (TPSA) is 56.3 Å². The van der Waals surface area contributed by atoms with Crippen molar-refractivity contribution in [3.05, 3.63) is 11.8 Å². The Hall–Kier alpha value is -0.580. The largest absolute Gasteiger partial charge is 0.393 e. The summed E-state index contributed by atoms with van der Waals surface area (Å²) in [5.41, 5.74) is 1.08. The monoisotopic (exact) mass is 255 g/mol. The van der Waals surface area contributed by atoms with E-state index in [9.17, 15) is 5.11 Å². The fourth-order valence-electron chi connectivity index (χ4n) is 2.96. The molecule has 1 rings (SSSR count). The number of hydrogen-bond donors (Lipinski definition) is 4. The van der Waals surface area contributed by atoms with Gasteiger partial charge in [0.2, 0.25) is 0 Å². The van der Waals surface area contributed by atoms with E-state index in [1.807, 2.05) is 28.1 Å². The van der Waals surface area contributed by atoms with E-state index in [0.29, 0.717) is 11.8 Å². The van der Waals surface area contributed by atoms with Crippen LogP contribution < -0.4 is 16.0 Å². The van der Waals surface area contributed by atoms with Crippen LogP contribution in [0.1, 0.15) is 33.1 Å². The summed E-state index contributed by atoms with van der Waals surface area (Å²) in [7, 11) is 5.96. The number of hydrogen-bond acceptors (Lipinski definition) is 4. The molecule has 4 heteroatoms. The Kier molecular flexibility index (Phi) is 5.63. The first kappa shape index (κ1) is 15.5. The predicted molar refractivity (Wildman–Crippen MR) is 76.2 cm³/mol. The van der Waals surface area contributed by atoms with Gasteiger partial charge in [-0.3, -0.25) is 10.6 Å². The van der Waals surface area contributed by atoms with Crippen LogP contribution in [0.4, 0.5) is 0 Å². The van der Waals surface area contributed by atoms with Gasteiger partial charge in [0, 0.05) is 12.7 Å². The first-order chi connectivity index (χ1) is 8.51. The molecule has 18 heavy (non-hydrogen) atoms. The van der Waals surface area contributed by atoms with Crippen LogP contribution in [-0.2, 0) is 0 Å². The Labute approximate surface area is 111 Å². The van der Waals surface area contributed by atoms with Gasteiger partial charge < -0.3 is 10.4 Å². The zero-order chi connectivity index (χ0) is 13.8. The zero-order valence-corrected chi connectivity index (χ0v) is 12.4. The lowest BCUT2D eigenvalue weighted by Crippen LogP contribution is -2.60. The van der Waals surface area contributed by atoms with Crippen LogP contribution in [0.3, 0.4) is 0 Å². The molecular weight excluding hydrogens is 226 g/mol. The van der Waals surface area contributed by atoms with Crippen LogP contribution in [0.25, 0.3) is 0 Å². The van der Waals surface area contributed by atoms with Crippen molar-refractivity contribution in [2.24, 2.45) is 11.8 Å². The molecule has 0 saturated carbocycles. The lowest BCUT2D eigenvalue weighted by atomic mass is 9.86. The minimum atomic E-state index is -0.221. The maximum absolute atomic E-state index is 9.58. The molecule has 0 aromatic heterocycles. The molecule has 1 aliphatic rings. The van der Waals surface area contributed by atoms with Crippen molar-refractivity contribution in [2.75, 3.05) is 21.1 Å². The Morgan fingerprint density at radius 1 is 1.33 bits per heavy atom. The van der Waals surface area contributed by atoms with E-state index >= 15 is 0 Å². The van der Waals surface area contributed by atoms with E-state index in [2.05, 4.69) is 29.0 Å². The number of allylic oxidation sites excluding steroid dienone is 1. The third-order valence-corrected chi connectivity index (χ3v) is 4.50. The lowest BCUT2D eigenvalue weighted by molar-refractivity contribution is 0.118. The van der Waals surface area contributed by atoms with Crippen LogP contribution in [0.5, 0.6) is 0 Å². The van der Waals surface area contributed by atoms with Gasteiger partial charge in [-0.15, -0.1) is 0 Å². The minimum Gasteiger partial charge on any atom is -0.393 e. The standard InChI is InChI=1S/C14H29N3O/c1-10(11(2)18)6-7-12-8-9-13(15-3)14(12,16-4)17-5/h9-12,15-18H,6-8H2,1-5H3. The molecule has 106 valence electrons. The fraction of sp³-hybridized carbons (Fsp3) is 0.857. The summed E-state index contributed by atoms with van der Waals surface area (Å²) in [5.74, 6) is 0.881. The van der Waals surface area contributed by atoms with Crippen molar-refractivity contribution in [1.82, 2.24) is 16.0 Å². The van der Waals surface area contributed by atoms with Gasteiger partial charge in [-0.1, -0.05) is 13.0 Å². The van der Waals surface area contributed by atoms with Crippen molar-refractivity contribution in [3.63, 3.8) is 0 Å². The quantitative estimate of drug-likeness (QED) is 0.514. The number of aliphatic hydroxyl groups is 1. The maximum atomic E-state index is 9.58. The third kappa shape index (κ3) is 2.87. The second kappa shape index (κ2) is 6.55. The SMILES string of the molecule is CNC1=CCC(CCC(C)C(C)O)C1(NC)NC. The maximum Gasteiger partial charge on any atom is 0.112 e. The molecule has 0 bridgehead atoms. The molecular formula is C14H29N3O. The summed E-state index contributed by atoms with van der Waals surface area (Å²) in [6, 6.07) is 0. The zero-order valence-electron chi connectivity index (χ0n) is 12.4. The van der Waals surface area contributed by atoms with Gasteiger partial charge >= 0.3 is 0 Å². The van der Waals surface area contributed by atoms with E-state index in [1.54, 1.807) is 0 Å². The second-order valence-electron chi connectivity index (χ2n) is 5.40. The van der Waals surface area contributed by atoms with Crippen LogP contribution >= 0.6 is 0 Å². The summed E-state index contributed by atoms with van der Waals surface area (Å²) in [5, 5.41) is 19.7. The van der Waals surface area contributed by atoms with E-state index in [-0.39, 0.29) is 11.8 Å². The molecule has 0 heterocycles. The second-order valence-corrected chi connectivity index (χ2v) is 5.40. The van der Waals surface area contributed by atoms with Crippen LogP contribution in [0.2, 0.25) is 0 Å². The summed E-state index contributed by atoms with van der Waals surface area (Å²) in [4.78, 5) is 0. The lowest BCUT2D eigenvalue weighted by Gasteiger charge is -2.38. The van der Waals surface area contributed by atoms with Gasteiger partial charge in [-0.2, -0.15) is 0 Å². The highest BCUT2D eigenvalue weighted by Crippen LogP contribution is 2.36. The molecule has 0 aromatic carbocycles. The number of nitrogens with one attached hydrogen (secondary N) is 3. The van der Waals surface area contributed by atoms with E-state index in [1.165, 1.54) is 5.70 Å². The molecule has 0 spiro atoms. The Morgan fingerprint density at radius 2 is 1.94 bits per heavy atom. The van der Waals surface area contributed by atoms with Gasteiger partial charge in [0.15, 0.2) is 0 Å². The highest BCUT2D eigenvalue weighted by Gasteiger charge is 2.42. The molecule has 0 fully saturated rings. The fourth-order valence-corrected chi connectivity index (χ4v) is 2.96. The van der Waals surface area contributed by atoms with Crippen LogP contribution in [-0.4, -0.2) is 38.0 Å². The Bertz CT molecular complexity index is 285. The highest BCUT2D eigenvalue weighted by atomic mass is 16.3. The van der Waals surface area contributed by atoms with Gasteiger partial charge in [0.25, 0.3) is 0 Å². The van der Waals surface area contributed by atoms with Gasteiger partial charge in [0.1, 0.15) is 5.66 Å². The number of likely N-dealkylation sites (N-methyl/N-ethyl adjacent to an activating group) is 3. The number of aliphatic hydroxyl groups excluding tert-OH is 1. The van der Waals surface area contributed by atoms with E-state index < -0.39 is 0 Å². The van der Waals surface area contributed by atoms with Crippen molar-refractivity contribution >= 4 is 0 Å². The predicted octanol–water partition coefficient (Wildman–Crippen LogP) is 1.04. The smallest absolute Gasteiger partial charge is 0.112 e. The van der Waals surface area contributed by atoms with Crippen molar-refractivity contribution < 1.29 is 5.11 Å². The molecule has 0 aromatic rings. The van der Waals surface area contributed by atoms with Crippen LogP contribution in [0, 0.1) is 11.8 Å². The third-order valence-electron chi connectivity index (χ3n) is 4.50. The van der Waals surface area contributed by atoms with Crippen molar-refractivity contribution in [1.29, 1.82) is 0 Å². The molecule has 4 nitrogen and oxygen atoms in total. The molecule has 0 aliphatic heterocycles.